The van der Waals surface area contributed by atoms with Gasteiger partial charge in [-0.1, -0.05) is 36.4 Å². The third kappa shape index (κ3) is 4.62. The molecule has 3 aromatic carbocycles. The van der Waals surface area contributed by atoms with Crippen molar-refractivity contribution in [1.29, 1.82) is 0 Å². The number of benzene rings is 3. The SMILES string of the molecule is O=C(O)CCc1ccc(NCc2ccc3c(c2)N(c2ccccc2)CCC3)cc1F. The molecule has 0 fully saturated rings. The molecule has 5 heteroatoms. The van der Waals surface area contributed by atoms with E-state index < -0.39 is 5.97 Å². The second-order valence-corrected chi connectivity index (χ2v) is 7.61. The molecule has 0 saturated carbocycles. The first-order valence-corrected chi connectivity index (χ1v) is 10.3. The van der Waals surface area contributed by atoms with Crippen LogP contribution in [-0.4, -0.2) is 17.6 Å². The number of aliphatic carboxylic acids is 1. The molecule has 4 nitrogen and oxygen atoms in total. The summed E-state index contributed by atoms with van der Waals surface area (Å²) in [6, 6.07) is 21.8. The number of carboxylic acids is 1. The van der Waals surface area contributed by atoms with Gasteiger partial charge in [-0.05, 0) is 66.3 Å². The lowest BCUT2D eigenvalue weighted by Gasteiger charge is -2.32. The van der Waals surface area contributed by atoms with Crippen molar-refractivity contribution in [2.75, 3.05) is 16.8 Å². The van der Waals surface area contributed by atoms with Crippen molar-refractivity contribution >= 4 is 23.0 Å². The smallest absolute Gasteiger partial charge is 0.303 e. The summed E-state index contributed by atoms with van der Waals surface area (Å²) in [6.07, 6.45) is 2.33. The van der Waals surface area contributed by atoms with E-state index in [1.165, 1.54) is 23.0 Å². The molecular weight excluding hydrogens is 379 g/mol. The highest BCUT2D eigenvalue weighted by molar-refractivity contribution is 5.69. The van der Waals surface area contributed by atoms with E-state index in [2.05, 4.69) is 52.7 Å². The van der Waals surface area contributed by atoms with Gasteiger partial charge < -0.3 is 15.3 Å². The highest BCUT2D eigenvalue weighted by atomic mass is 19.1. The van der Waals surface area contributed by atoms with Crippen LogP contribution in [0.5, 0.6) is 0 Å². The quantitative estimate of drug-likeness (QED) is 0.543. The summed E-state index contributed by atoms with van der Waals surface area (Å²) in [5.41, 5.74) is 6.03. The van der Waals surface area contributed by atoms with E-state index in [-0.39, 0.29) is 18.7 Å². The lowest BCUT2D eigenvalue weighted by Crippen LogP contribution is -2.24. The zero-order valence-corrected chi connectivity index (χ0v) is 16.8. The second kappa shape index (κ2) is 8.99. The van der Waals surface area contributed by atoms with E-state index in [0.29, 0.717) is 17.8 Å². The number of para-hydroxylation sites is 1. The van der Waals surface area contributed by atoms with Gasteiger partial charge >= 0.3 is 5.97 Å². The molecule has 0 amide bonds. The zero-order valence-electron chi connectivity index (χ0n) is 16.8. The molecule has 0 atom stereocenters. The molecule has 30 heavy (non-hydrogen) atoms. The van der Waals surface area contributed by atoms with E-state index in [1.807, 2.05) is 6.07 Å². The number of halogens is 1. The van der Waals surface area contributed by atoms with E-state index in [1.54, 1.807) is 12.1 Å². The first-order valence-electron chi connectivity index (χ1n) is 10.3. The van der Waals surface area contributed by atoms with Gasteiger partial charge in [0.05, 0.1) is 0 Å². The highest BCUT2D eigenvalue weighted by Crippen LogP contribution is 2.34. The van der Waals surface area contributed by atoms with E-state index in [0.717, 1.165) is 24.9 Å². The van der Waals surface area contributed by atoms with Crippen molar-refractivity contribution in [3.8, 4) is 0 Å². The maximum Gasteiger partial charge on any atom is 0.303 e. The monoisotopic (exact) mass is 404 g/mol. The fourth-order valence-electron chi connectivity index (χ4n) is 3.91. The highest BCUT2D eigenvalue weighted by Gasteiger charge is 2.18. The molecule has 1 aliphatic heterocycles. The topological polar surface area (TPSA) is 52.6 Å². The first kappa shape index (κ1) is 20.0. The standard InChI is InChI=1S/C25H25FN2O2/c26-23-16-21(12-10-19(23)11-13-25(29)30)27-17-18-8-9-20-5-4-14-28(24(20)15-18)22-6-2-1-3-7-22/h1-3,6-10,12,15-16,27H,4-5,11,13-14,17H2,(H,29,30). The van der Waals surface area contributed by atoms with Crippen LogP contribution in [0.2, 0.25) is 0 Å². The minimum Gasteiger partial charge on any atom is -0.481 e. The number of rotatable bonds is 7. The molecule has 0 saturated heterocycles. The van der Waals surface area contributed by atoms with Crippen molar-refractivity contribution < 1.29 is 14.3 Å². The molecule has 1 aliphatic rings. The minimum absolute atomic E-state index is 0.0727. The number of hydrogen-bond donors (Lipinski definition) is 2. The van der Waals surface area contributed by atoms with Crippen LogP contribution < -0.4 is 10.2 Å². The Balaban J connectivity index is 1.47. The number of nitrogens with zero attached hydrogens (tertiary/aromatic N) is 1. The van der Waals surface area contributed by atoms with Gasteiger partial charge in [0.15, 0.2) is 0 Å². The number of nitrogens with one attached hydrogen (secondary N) is 1. The van der Waals surface area contributed by atoms with Crippen LogP contribution in [0.1, 0.15) is 29.5 Å². The summed E-state index contributed by atoms with van der Waals surface area (Å²) in [5, 5.41) is 12.0. The van der Waals surface area contributed by atoms with Crippen LogP contribution in [0, 0.1) is 5.82 Å². The van der Waals surface area contributed by atoms with Crippen molar-refractivity contribution in [2.24, 2.45) is 0 Å². The van der Waals surface area contributed by atoms with E-state index in [9.17, 15) is 9.18 Å². The Morgan fingerprint density at radius 3 is 2.67 bits per heavy atom. The maximum absolute atomic E-state index is 14.3. The Bertz CT molecular complexity index is 1040. The molecule has 0 spiro atoms. The molecule has 0 aromatic heterocycles. The maximum atomic E-state index is 14.3. The summed E-state index contributed by atoms with van der Waals surface area (Å²) in [7, 11) is 0. The first-order chi connectivity index (χ1) is 14.6. The molecule has 0 unspecified atom stereocenters. The minimum atomic E-state index is -0.923. The Morgan fingerprint density at radius 1 is 1.07 bits per heavy atom. The molecule has 0 aliphatic carbocycles. The Morgan fingerprint density at radius 2 is 1.90 bits per heavy atom. The van der Waals surface area contributed by atoms with Crippen LogP contribution in [0.3, 0.4) is 0 Å². The average Bonchev–Trinajstić information content (AvgIpc) is 2.77. The zero-order chi connectivity index (χ0) is 20.9. The lowest BCUT2D eigenvalue weighted by molar-refractivity contribution is -0.136. The Hall–Kier alpha value is -3.34. The van der Waals surface area contributed by atoms with Crippen LogP contribution in [0.25, 0.3) is 0 Å². The van der Waals surface area contributed by atoms with E-state index in [4.69, 9.17) is 5.11 Å². The number of carbonyl (C=O) groups is 1. The van der Waals surface area contributed by atoms with Crippen molar-refractivity contribution in [2.45, 2.75) is 32.2 Å². The molecule has 4 rings (SSSR count). The van der Waals surface area contributed by atoms with Gasteiger partial charge in [-0.25, -0.2) is 4.39 Å². The lowest BCUT2D eigenvalue weighted by atomic mass is 9.98. The number of hydrogen-bond acceptors (Lipinski definition) is 3. The predicted molar refractivity (Wildman–Crippen MR) is 118 cm³/mol. The van der Waals surface area contributed by atoms with Gasteiger partial charge in [0.25, 0.3) is 0 Å². The van der Waals surface area contributed by atoms with E-state index >= 15 is 0 Å². The number of anilines is 3. The summed E-state index contributed by atoms with van der Waals surface area (Å²) in [6.45, 7) is 1.58. The van der Waals surface area contributed by atoms with Crippen LogP contribution in [0.4, 0.5) is 21.5 Å². The molecular formula is C25H25FN2O2. The fourth-order valence-corrected chi connectivity index (χ4v) is 3.91. The van der Waals surface area contributed by atoms with Gasteiger partial charge in [0.1, 0.15) is 5.82 Å². The van der Waals surface area contributed by atoms with Crippen molar-refractivity contribution in [1.82, 2.24) is 0 Å². The summed E-state index contributed by atoms with van der Waals surface area (Å²) >= 11 is 0. The van der Waals surface area contributed by atoms with Crippen LogP contribution >= 0.6 is 0 Å². The van der Waals surface area contributed by atoms with Gasteiger partial charge in [-0.2, -0.15) is 0 Å². The van der Waals surface area contributed by atoms with Gasteiger partial charge in [0.2, 0.25) is 0 Å². The van der Waals surface area contributed by atoms with Gasteiger partial charge in [-0.15, -0.1) is 0 Å². The van der Waals surface area contributed by atoms with Crippen molar-refractivity contribution in [3.05, 3.63) is 89.2 Å². The summed E-state index contributed by atoms with van der Waals surface area (Å²) in [5.74, 6) is -1.30. The van der Waals surface area contributed by atoms with Crippen LogP contribution in [-0.2, 0) is 24.2 Å². The number of aryl methyl sites for hydroxylation is 2. The van der Waals surface area contributed by atoms with Gasteiger partial charge in [0, 0.05) is 36.6 Å². The molecule has 154 valence electrons. The normalized spacial score (nSPS) is 13.0. The second-order valence-electron chi connectivity index (χ2n) is 7.61. The number of fused-ring (bicyclic) bond motifs is 1. The molecule has 0 radical (unpaired) electrons. The third-order valence-corrected chi connectivity index (χ3v) is 5.49. The molecule has 2 N–H and O–H groups in total. The van der Waals surface area contributed by atoms with Crippen LogP contribution in [0.15, 0.2) is 66.7 Å². The Kier molecular flexibility index (Phi) is 5.98. The summed E-state index contributed by atoms with van der Waals surface area (Å²) in [4.78, 5) is 13.0. The average molecular weight is 404 g/mol. The molecule has 3 aromatic rings. The molecule has 0 bridgehead atoms. The third-order valence-electron chi connectivity index (χ3n) is 5.49. The predicted octanol–water partition coefficient (Wildman–Crippen LogP) is 5.54. The largest absolute Gasteiger partial charge is 0.481 e. The summed E-state index contributed by atoms with van der Waals surface area (Å²) < 4.78 is 14.3. The van der Waals surface area contributed by atoms with Gasteiger partial charge in [-0.3, -0.25) is 4.79 Å². The van der Waals surface area contributed by atoms with Crippen molar-refractivity contribution in [3.63, 3.8) is 0 Å². The molecule has 1 heterocycles. The fraction of sp³-hybridized carbons (Fsp3) is 0.240. The number of carboxylic acid groups (broad SMARTS) is 1. The Labute approximate surface area is 176 Å².